The Kier molecular flexibility index (Phi) is 5.65. The number of cyclic esters (lactones) is 1. The average Bonchev–Trinajstić information content (AvgIpc) is 3.42. The smallest absolute Gasteiger partial charge is 0.418 e. The molecule has 0 bridgehead atoms. The van der Waals surface area contributed by atoms with E-state index in [-0.39, 0.29) is 17.8 Å². The summed E-state index contributed by atoms with van der Waals surface area (Å²) >= 11 is 0. The van der Waals surface area contributed by atoms with Crippen molar-refractivity contribution in [3.05, 3.63) is 101 Å². The van der Waals surface area contributed by atoms with Crippen molar-refractivity contribution in [3.63, 3.8) is 0 Å². The van der Waals surface area contributed by atoms with Gasteiger partial charge in [-0.15, -0.1) is 0 Å². The van der Waals surface area contributed by atoms with Gasteiger partial charge in [0.25, 0.3) is 11.5 Å². The van der Waals surface area contributed by atoms with Crippen molar-refractivity contribution in [1.82, 2.24) is 14.9 Å². The van der Waals surface area contributed by atoms with E-state index in [1.807, 2.05) is 30.3 Å². The molecule has 180 valence electrons. The molecule has 2 atom stereocenters. The summed E-state index contributed by atoms with van der Waals surface area (Å²) in [4.78, 5) is 47.6. The molecule has 1 fully saturated rings. The van der Waals surface area contributed by atoms with Gasteiger partial charge < -0.3 is 14.5 Å². The number of imidazole rings is 1. The van der Waals surface area contributed by atoms with Gasteiger partial charge in [0, 0.05) is 6.42 Å². The van der Waals surface area contributed by atoms with Crippen LogP contribution in [-0.4, -0.2) is 39.9 Å². The minimum Gasteiger partial charge on any atom is -0.465 e. The molecule has 1 N–H and O–H groups in total. The Morgan fingerprint density at radius 1 is 1.17 bits per heavy atom. The number of carbonyl (C=O) groups excluding carboxylic acids is 3. The lowest BCUT2D eigenvalue weighted by molar-refractivity contribution is -0.139. The number of aromatic nitrogens is 2. The Hall–Kier alpha value is -4.71. The SMILES string of the molecule is COC(=O)c1c#cc2[nH]c(C3(Cc4ccccc4)OC(=O)N([C@H](C)c4ccc(F)cc4)C3=O)nc2c1. The molecular formula is C27H20FN3O5. The number of nitrogens with zero attached hydrogens (tertiary/aromatic N) is 2. The molecule has 0 radical (unpaired) electrons. The van der Waals surface area contributed by atoms with Crippen LogP contribution < -0.4 is 0 Å². The number of methoxy groups -OCH3 is 1. The Morgan fingerprint density at radius 2 is 1.89 bits per heavy atom. The maximum Gasteiger partial charge on any atom is 0.418 e. The van der Waals surface area contributed by atoms with Crippen LogP contribution in [0, 0.1) is 17.9 Å². The maximum absolute atomic E-state index is 14.0. The van der Waals surface area contributed by atoms with Gasteiger partial charge in [-0.25, -0.2) is 23.9 Å². The van der Waals surface area contributed by atoms with Crippen molar-refractivity contribution in [1.29, 1.82) is 0 Å². The molecule has 2 heterocycles. The number of imide groups is 1. The van der Waals surface area contributed by atoms with Crippen LogP contribution in [0.5, 0.6) is 0 Å². The molecule has 1 aliphatic rings. The number of benzene rings is 2. The van der Waals surface area contributed by atoms with Gasteiger partial charge in [0.2, 0.25) is 0 Å². The number of nitrogens with one attached hydrogen (secondary N) is 1. The molecule has 0 spiro atoms. The van der Waals surface area contributed by atoms with Gasteiger partial charge in [0.15, 0.2) is 5.82 Å². The van der Waals surface area contributed by atoms with Gasteiger partial charge in [0.05, 0.1) is 18.7 Å². The van der Waals surface area contributed by atoms with E-state index in [0.717, 1.165) is 10.5 Å². The first kappa shape index (κ1) is 23.1. The molecule has 1 aliphatic heterocycles. The summed E-state index contributed by atoms with van der Waals surface area (Å²) < 4.78 is 24.0. The number of amides is 2. The Morgan fingerprint density at radius 3 is 2.58 bits per heavy atom. The van der Waals surface area contributed by atoms with Crippen molar-refractivity contribution in [2.75, 3.05) is 7.11 Å². The number of aromatic amines is 1. The highest BCUT2D eigenvalue weighted by Crippen LogP contribution is 2.40. The van der Waals surface area contributed by atoms with Gasteiger partial charge in [-0.05, 0) is 42.3 Å². The topological polar surface area (TPSA) is 102 Å². The fourth-order valence-electron chi connectivity index (χ4n) is 4.27. The molecule has 36 heavy (non-hydrogen) atoms. The first-order valence-corrected chi connectivity index (χ1v) is 11.1. The van der Waals surface area contributed by atoms with Crippen LogP contribution in [0.4, 0.5) is 9.18 Å². The lowest BCUT2D eigenvalue weighted by Crippen LogP contribution is -2.42. The molecule has 5 rings (SSSR count). The molecule has 2 amide bonds. The van der Waals surface area contributed by atoms with E-state index in [0.29, 0.717) is 16.6 Å². The second kappa shape index (κ2) is 8.82. The number of rotatable bonds is 6. The lowest BCUT2D eigenvalue weighted by atomic mass is 9.92. The second-order valence-corrected chi connectivity index (χ2v) is 8.41. The third kappa shape index (κ3) is 3.82. The number of halogens is 1. The molecule has 4 aromatic rings. The quantitative estimate of drug-likeness (QED) is 0.410. The molecule has 0 aliphatic carbocycles. The summed E-state index contributed by atoms with van der Waals surface area (Å²) in [7, 11) is 1.25. The van der Waals surface area contributed by atoms with E-state index in [9.17, 15) is 18.8 Å². The predicted molar refractivity (Wildman–Crippen MR) is 125 cm³/mol. The summed E-state index contributed by atoms with van der Waals surface area (Å²) in [6.07, 6.45) is -0.836. The van der Waals surface area contributed by atoms with E-state index in [4.69, 9.17) is 9.47 Å². The van der Waals surface area contributed by atoms with Crippen molar-refractivity contribution in [3.8, 4) is 0 Å². The van der Waals surface area contributed by atoms with E-state index in [1.165, 1.54) is 37.4 Å². The fourth-order valence-corrected chi connectivity index (χ4v) is 4.27. The lowest BCUT2D eigenvalue weighted by Gasteiger charge is -2.25. The van der Waals surface area contributed by atoms with Crippen LogP contribution in [0.1, 0.15) is 40.3 Å². The predicted octanol–water partition coefficient (Wildman–Crippen LogP) is 4.27. The maximum atomic E-state index is 14.0. The molecule has 1 unspecified atom stereocenters. The van der Waals surface area contributed by atoms with Gasteiger partial charge >= 0.3 is 12.1 Å². The average molecular weight is 485 g/mol. The highest BCUT2D eigenvalue weighted by molar-refractivity contribution is 6.04. The van der Waals surface area contributed by atoms with Crippen LogP contribution in [0.15, 0.2) is 60.7 Å². The van der Waals surface area contributed by atoms with Gasteiger partial charge in [-0.2, -0.15) is 0 Å². The number of hydrogen-bond donors (Lipinski definition) is 1. The van der Waals surface area contributed by atoms with E-state index in [1.54, 1.807) is 6.92 Å². The van der Waals surface area contributed by atoms with Crippen LogP contribution in [-0.2, 0) is 26.3 Å². The Labute approximate surface area is 205 Å². The zero-order valence-electron chi connectivity index (χ0n) is 19.4. The minimum absolute atomic E-state index is 0.0123. The summed E-state index contributed by atoms with van der Waals surface area (Å²) in [6.45, 7) is 1.66. The van der Waals surface area contributed by atoms with E-state index in [2.05, 4.69) is 22.1 Å². The highest BCUT2D eigenvalue weighted by Gasteiger charge is 2.58. The third-order valence-corrected chi connectivity index (χ3v) is 6.18. The van der Waals surface area contributed by atoms with Crippen LogP contribution in [0.3, 0.4) is 0 Å². The van der Waals surface area contributed by atoms with Crippen molar-refractivity contribution >= 4 is 29.0 Å². The van der Waals surface area contributed by atoms with Gasteiger partial charge in [-0.1, -0.05) is 48.5 Å². The summed E-state index contributed by atoms with van der Waals surface area (Å²) in [5, 5.41) is 0. The summed E-state index contributed by atoms with van der Waals surface area (Å²) in [5.74, 6) is -1.58. The first-order valence-electron chi connectivity index (χ1n) is 11.1. The number of ether oxygens (including phenoxy) is 2. The highest BCUT2D eigenvalue weighted by atomic mass is 19.1. The van der Waals surface area contributed by atoms with Crippen molar-refractivity contribution in [2.45, 2.75) is 25.0 Å². The summed E-state index contributed by atoms with van der Waals surface area (Å²) in [5.41, 5.74) is 0.310. The van der Waals surface area contributed by atoms with Gasteiger partial charge in [-0.3, -0.25) is 4.79 Å². The Bertz CT molecular complexity index is 1470. The molecule has 8 nitrogen and oxygen atoms in total. The van der Waals surface area contributed by atoms with Gasteiger partial charge in [0.1, 0.15) is 16.9 Å². The number of esters is 1. The van der Waals surface area contributed by atoms with E-state index >= 15 is 0 Å². The molecular weight excluding hydrogens is 465 g/mol. The van der Waals surface area contributed by atoms with E-state index < -0.39 is 35.4 Å². The zero-order chi connectivity index (χ0) is 25.4. The van der Waals surface area contributed by atoms with Crippen LogP contribution in [0.25, 0.3) is 11.0 Å². The molecule has 1 saturated heterocycles. The van der Waals surface area contributed by atoms with Crippen LogP contribution >= 0.6 is 0 Å². The molecule has 1 aromatic heterocycles. The normalized spacial score (nSPS) is 18.1. The first-order chi connectivity index (χ1) is 17.3. The second-order valence-electron chi connectivity index (χ2n) is 8.41. The standard InChI is InChI=1S/C27H20FN3O5/c1-16(18-8-11-20(28)12-9-18)31-25(33)27(36-26(31)34,15-17-6-4-3-5-7-17)24-29-21-13-10-19(23(32)35-2)14-22(21)30-24/h3-9,11-12,14,16H,15H2,1-2H3,(H,29,30)/t16-,27?/m1/s1. The number of fused-ring (bicyclic) bond motifs is 1. The molecule has 9 heteroatoms. The number of hydrogen-bond acceptors (Lipinski definition) is 6. The largest absolute Gasteiger partial charge is 0.465 e. The summed E-state index contributed by atoms with van der Waals surface area (Å²) in [6, 6.07) is 20.9. The zero-order valence-corrected chi connectivity index (χ0v) is 19.4. The molecule has 3 aromatic carbocycles. The monoisotopic (exact) mass is 485 g/mol. The number of carbonyl (C=O) groups is 3. The van der Waals surface area contributed by atoms with Crippen LogP contribution in [0.2, 0.25) is 0 Å². The number of H-pyrrole nitrogens is 1. The van der Waals surface area contributed by atoms with Crippen molar-refractivity contribution < 1.29 is 28.2 Å². The fraction of sp³-hybridized carbons (Fsp3) is 0.185. The van der Waals surface area contributed by atoms with Crippen molar-refractivity contribution in [2.24, 2.45) is 0 Å². The molecule has 0 saturated carbocycles. The Balaban J connectivity index is 1.60. The minimum atomic E-state index is -1.80. The third-order valence-electron chi connectivity index (χ3n) is 6.18.